The van der Waals surface area contributed by atoms with Gasteiger partial charge in [-0.15, -0.1) is 0 Å². The van der Waals surface area contributed by atoms with Crippen LogP contribution in [0, 0.1) is 0 Å². The number of aromatic nitrogens is 2. The quantitative estimate of drug-likeness (QED) is 0.401. The Morgan fingerprint density at radius 3 is 3.27 bits per heavy atom. The maximum Gasteiger partial charge on any atom is 0.0765 e. The molecule has 0 aliphatic heterocycles. The molecule has 1 aromatic rings. The summed E-state index contributed by atoms with van der Waals surface area (Å²) in [5.74, 6) is 0. The first-order chi connectivity index (χ1) is 5.36. The van der Waals surface area contributed by atoms with Crippen LogP contribution >= 0.6 is 0 Å². The van der Waals surface area contributed by atoms with Crippen LogP contribution in [0.1, 0.15) is 18.9 Å². The van der Waals surface area contributed by atoms with Crippen molar-refractivity contribution in [2.75, 3.05) is 0 Å². The molecule has 0 bridgehead atoms. The van der Waals surface area contributed by atoms with E-state index in [4.69, 9.17) is 5.21 Å². The van der Waals surface area contributed by atoms with Crippen LogP contribution in [0.4, 0.5) is 0 Å². The van der Waals surface area contributed by atoms with E-state index >= 15 is 0 Å². The van der Waals surface area contributed by atoms with E-state index in [0.717, 1.165) is 18.5 Å². The van der Waals surface area contributed by atoms with Crippen molar-refractivity contribution >= 4 is 6.21 Å². The number of rotatable bonds is 3. The number of hydrogen-bond donors (Lipinski definition) is 1. The first-order valence-corrected chi connectivity index (χ1v) is 3.56. The molecule has 11 heavy (non-hydrogen) atoms. The lowest BCUT2D eigenvalue weighted by atomic mass is 10.4. The molecule has 0 unspecified atom stereocenters. The lowest BCUT2D eigenvalue weighted by Gasteiger charge is -1.93. The molecule has 1 heterocycles. The molecule has 0 saturated heterocycles. The fourth-order valence-corrected chi connectivity index (χ4v) is 0.864. The maximum absolute atomic E-state index is 8.19. The van der Waals surface area contributed by atoms with Gasteiger partial charge in [-0.2, -0.15) is 5.10 Å². The van der Waals surface area contributed by atoms with Crippen LogP contribution in [-0.4, -0.2) is 21.2 Å². The molecule has 0 fully saturated rings. The van der Waals surface area contributed by atoms with Crippen LogP contribution in [0.25, 0.3) is 0 Å². The molecular formula is C7H11N3O. The van der Waals surface area contributed by atoms with Crippen molar-refractivity contribution in [1.29, 1.82) is 0 Å². The largest absolute Gasteiger partial charge is 0.411 e. The van der Waals surface area contributed by atoms with Crippen molar-refractivity contribution in [3.63, 3.8) is 0 Å². The zero-order valence-electron chi connectivity index (χ0n) is 6.44. The van der Waals surface area contributed by atoms with E-state index in [9.17, 15) is 0 Å². The molecule has 0 amide bonds. The number of oxime groups is 1. The van der Waals surface area contributed by atoms with E-state index < -0.39 is 0 Å². The summed E-state index contributed by atoms with van der Waals surface area (Å²) in [5, 5.41) is 15.1. The van der Waals surface area contributed by atoms with Gasteiger partial charge in [-0.3, -0.25) is 4.68 Å². The van der Waals surface area contributed by atoms with Gasteiger partial charge >= 0.3 is 0 Å². The second kappa shape index (κ2) is 3.75. The van der Waals surface area contributed by atoms with Gasteiger partial charge in [0, 0.05) is 18.3 Å². The van der Waals surface area contributed by atoms with Crippen LogP contribution in [0.3, 0.4) is 0 Å². The Labute approximate surface area is 65.1 Å². The minimum absolute atomic E-state index is 0.820. The van der Waals surface area contributed by atoms with Crippen LogP contribution in [-0.2, 0) is 6.54 Å². The Morgan fingerprint density at radius 1 is 1.82 bits per heavy atom. The molecule has 0 saturated carbocycles. The number of nitrogens with zero attached hydrogens (tertiary/aromatic N) is 3. The van der Waals surface area contributed by atoms with Gasteiger partial charge in [0.05, 0.1) is 12.4 Å². The predicted octanol–water partition coefficient (Wildman–Crippen LogP) is 1.10. The zero-order valence-corrected chi connectivity index (χ0v) is 6.44. The average molecular weight is 153 g/mol. The summed E-state index contributed by atoms with van der Waals surface area (Å²) >= 11 is 0. The van der Waals surface area contributed by atoms with E-state index in [1.165, 1.54) is 6.21 Å². The maximum atomic E-state index is 8.19. The molecule has 4 nitrogen and oxygen atoms in total. The minimum Gasteiger partial charge on any atom is -0.411 e. The van der Waals surface area contributed by atoms with Gasteiger partial charge < -0.3 is 5.21 Å². The Morgan fingerprint density at radius 2 is 2.64 bits per heavy atom. The molecule has 0 spiro atoms. The molecule has 0 atom stereocenters. The SMILES string of the molecule is CCCn1cc(/C=N/O)cn1. The van der Waals surface area contributed by atoms with Crippen LogP contribution in [0.15, 0.2) is 17.5 Å². The lowest BCUT2D eigenvalue weighted by molar-refractivity contribution is 0.322. The standard InChI is InChI=1S/C7H11N3O/c1-2-3-10-6-7(4-8-10)5-9-11/h4-6,11H,2-3H2,1H3/b9-5+. The molecule has 1 N–H and O–H groups in total. The molecular weight excluding hydrogens is 142 g/mol. The third-order valence-electron chi connectivity index (χ3n) is 1.31. The average Bonchev–Trinajstić information content (AvgIpc) is 2.38. The van der Waals surface area contributed by atoms with Gasteiger partial charge in [0.1, 0.15) is 0 Å². The molecule has 0 radical (unpaired) electrons. The van der Waals surface area contributed by atoms with Gasteiger partial charge in [-0.1, -0.05) is 12.1 Å². The van der Waals surface area contributed by atoms with Crippen LogP contribution in [0.5, 0.6) is 0 Å². The molecule has 0 aliphatic rings. The second-order valence-corrected chi connectivity index (χ2v) is 2.28. The Balaban J connectivity index is 2.65. The summed E-state index contributed by atoms with van der Waals surface area (Å²) in [6.45, 7) is 2.99. The first-order valence-electron chi connectivity index (χ1n) is 3.56. The summed E-state index contributed by atoms with van der Waals surface area (Å²) in [6.07, 6.45) is 5.91. The van der Waals surface area contributed by atoms with Crippen molar-refractivity contribution in [2.24, 2.45) is 5.16 Å². The van der Waals surface area contributed by atoms with Gasteiger partial charge in [-0.25, -0.2) is 0 Å². The third-order valence-corrected chi connectivity index (χ3v) is 1.31. The molecule has 60 valence electrons. The first kappa shape index (κ1) is 7.78. The van der Waals surface area contributed by atoms with Gasteiger partial charge in [0.25, 0.3) is 0 Å². The van der Waals surface area contributed by atoms with Gasteiger partial charge in [0.2, 0.25) is 0 Å². The molecule has 1 aromatic heterocycles. The lowest BCUT2D eigenvalue weighted by Crippen LogP contribution is -1.95. The molecule has 0 aromatic carbocycles. The number of hydrogen-bond acceptors (Lipinski definition) is 3. The summed E-state index contributed by atoms with van der Waals surface area (Å²) in [6, 6.07) is 0. The number of aryl methyl sites for hydroxylation is 1. The van der Waals surface area contributed by atoms with E-state index in [2.05, 4.69) is 17.2 Å². The molecule has 0 aliphatic carbocycles. The minimum atomic E-state index is 0.820. The Bertz CT molecular complexity index is 242. The van der Waals surface area contributed by atoms with Crippen molar-refractivity contribution < 1.29 is 5.21 Å². The van der Waals surface area contributed by atoms with Crippen molar-refractivity contribution in [3.8, 4) is 0 Å². The van der Waals surface area contributed by atoms with Gasteiger partial charge in [-0.05, 0) is 6.42 Å². The highest BCUT2D eigenvalue weighted by Crippen LogP contribution is 1.94. The van der Waals surface area contributed by atoms with E-state index in [1.807, 2.05) is 10.9 Å². The van der Waals surface area contributed by atoms with Gasteiger partial charge in [0.15, 0.2) is 0 Å². The normalized spacial score (nSPS) is 11.0. The fourth-order valence-electron chi connectivity index (χ4n) is 0.864. The van der Waals surface area contributed by atoms with Crippen molar-refractivity contribution in [3.05, 3.63) is 18.0 Å². The van der Waals surface area contributed by atoms with Crippen molar-refractivity contribution in [2.45, 2.75) is 19.9 Å². The Hall–Kier alpha value is -1.32. The Kier molecular flexibility index (Phi) is 2.66. The van der Waals surface area contributed by atoms with E-state index in [-0.39, 0.29) is 0 Å². The highest BCUT2D eigenvalue weighted by molar-refractivity contribution is 5.77. The van der Waals surface area contributed by atoms with Crippen LogP contribution in [0.2, 0.25) is 0 Å². The highest BCUT2D eigenvalue weighted by Gasteiger charge is 1.92. The smallest absolute Gasteiger partial charge is 0.0765 e. The van der Waals surface area contributed by atoms with Crippen LogP contribution < -0.4 is 0 Å². The third kappa shape index (κ3) is 2.07. The second-order valence-electron chi connectivity index (χ2n) is 2.28. The summed E-state index contributed by atoms with van der Waals surface area (Å²) < 4.78 is 1.82. The predicted molar refractivity (Wildman–Crippen MR) is 41.9 cm³/mol. The van der Waals surface area contributed by atoms with Crippen molar-refractivity contribution in [1.82, 2.24) is 9.78 Å². The topological polar surface area (TPSA) is 50.4 Å². The van der Waals surface area contributed by atoms with E-state index in [0.29, 0.717) is 0 Å². The molecule has 4 heteroatoms. The highest BCUT2D eigenvalue weighted by atomic mass is 16.4. The monoisotopic (exact) mass is 153 g/mol. The molecule has 1 rings (SSSR count). The summed E-state index contributed by atoms with van der Waals surface area (Å²) in [4.78, 5) is 0. The van der Waals surface area contributed by atoms with E-state index in [1.54, 1.807) is 6.20 Å². The zero-order chi connectivity index (χ0) is 8.10. The summed E-state index contributed by atoms with van der Waals surface area (Å²) in [5.41, 5.74) is 0.820. The summed E-state index contributed by atoms with van der Waals surface area (Å²) in [7, 11) is 0. The fraction of sp³-hybridized carbons (Fsp3) is 0.429.